The molecule has 13 aromatic rings. The van der Waals surface area contributed by atoms with E-state index in [1.54, 1.807) is 36.4 Å². The third-order valence-corrected chi connectivity index (χ3v) is 14.5. The van der Waals surface area contributed by atoms with E-state index in [-0.39, 0.29) is 5.56 Å². The van der Waals surface area contributed by atoms with E-state index in [4.69, 9.17) is 28.1 Å². The molecule has 0 atom stereocenters. The third kappa shape index (κ3) is 8.22. The summed E-state index contributed by atoms with van der Waals surface area (Å²) in [6.07, 6.45) is -4.73. The molecule has 0 fully saturated rings. The Morgan fingerprint density at radius 3 is 1.50 bits per heavy atom. The van der Waals surface area contributed by atoms with Crippen LogP contribution in [0.25, 0.3) is 132 Å². The molecule has 0 aliphatic carbocycles. The molecule has 0 aliphatic heterocycles. The maximum absolute atomic E-state index is 15.4. The average Bonchev–Trinajstić information content (AvgIpc) is 4.10. The van der Waals surface area contributed by atoms with Gasteiger partial charge in [0.25, 0.3) is 0 Å². The number of nitrogens with zero attached hydrogens (tertiary/aromatic N) is 9. The molecule has 0 amide bonds. The Morgan fingerprint density at radius 2 is 0.925 bits per heavy atom. The summed E-state index contributed by atoms with van der Waals surface area (Å²) in [7, 11) is 0. The van der Waals surface area contributed by atoms with Crippen molar-refractivity contribution in [2.45, 2.75) is 6.18 Å². The van der Waals surface area contributed by atoms with E-state index in [9.17, 15) is 10.5 Å². The third-order valence-electron chi connectivity index (χ3n) is 14.5. The van der Waals surface area contributed by atoms with Gasteiger partial charge in [-0.1, -0.05) is 140 Å². The molecule has 0 saturated carbocycles. The van der Waals surface area contributed by atoms with Gasteiger partial charge in [0, 0.05) is 60.5 Å². The molecular weight excluding hydrogens is 1000 g/mol. The molecule has 0 saturated heterocycles. The number of halogens is 3. The number of alkyl halides is 3. The van der Waals surface area contributed by atoms with Gasteiger partial charge in [0.2, 0.25) is 0 Å². The summed E-state index contributed by atoms with van der Waals surface area (Å²) in [5, 5.41) is 23.2. The van der Waals surface area contributed by atoms with Crippen molar-refractivity contribution in [2.75, 3.05) is 0 Å². The van der Waals surface area contributed by atoms with Crippen LogP contribution < -0.4 is 0 Å². The highest BCUT2D eigenvalue weighted by atomic mass is 19.4. The predicted octanol–water partition coefficient (Wildman–Crippen LogP) is 17.9. The van der Waals surface area contributed by atoms with E-state index in [0.29, 0.717) is 79.1 Å². The predicted molar refractivity (Wildman–Crippen MR) is 308 cm³/mol. The van der Waals surface area contributed by atoms with Crippen LogP contribution in [0.1, 0.15) is 16.7 Å². The number of aromatic nitrogens is 5. The average molecular weight is 1040 g/mol. The van der Waals surface area contributed by atoms with Gasteiger partial charge >= 0.3 is 6.18 Å². The van der Waals surface area contributed by atoms with Crippen molar-refractivity contribution in [3.05, 3.63) is 258 Å². The Balaban J connectivity index is 1.11. The summed E-state index contributed by atoms with van der Waals surface area (Å²) in [5.41, 5.74) is 10.1. The zero-order valence-electron chi connectivity index (χ0n) is 41.9. The number of para-hydroxylation sites is 2. The standard InChI is InChI=1S/C68H36F3N9/c1-74-49-26-29-50(47(34-49)40-73)44-23-30-61-55(35-44)52-17-9-11-19-59(52)79(61)63-32-25-48(68(69,70)71)38-57(63)54-28-22-46(67-77-65(42-13-5-3-6-14-42)76-66(78-67)43-15-7-4-8-16-43)37-64(54)80-60-20-12-10-18-53(60)56-36-45(24-31-62(56)80)51-27-21-41(39-72)33-58(51)75-2/h3-38H. The van der Waals surface area contributed by atoms with Crippen LogP contribution in [0.15, 0.2) is 218 Å². The molecule has 0 bridgehead atoms. The van der Waals surface area contributed by atoms with Crippen LogP contribution in [0, 0.1) is 35.8 Å². The minimum absolute atomic E-state index is 0.280. The molecule has 13 rings (SSSR count). The highest BCUT2D eigenvalue weighted by molar-refractivity contribution is 6.13. The lowest BCUT2D eigenvalue weighted by atomic mass is 9.96. The Bertz CT molecular complexity index is 4820. The maximum atomic E-state index is 15.4. The van der Waals surface area contributed by atoms with Crippen LogP contribution in [0.3, 0.4) is 0 Å². The summed E-state index contributed by atoms with van der Waals surface area (Å²) in [4.78, 5) is 22.4. The van der Waals surface area contributed by atoms with Crippen LogP contribution in [-0.2, 0) is 6.18 Å². The van der Waals surface area contributed by atoms with Gasteiger partial charge in [-0.3, -0.25) is 0 Å². The van der Waals surface area contributed by atoms with Crippen LogP contribution in [0.2, 0.25) is 0 Å². The first-order chi connectivity index (χ1) is 39.1. The van der Waals surface area contributed by atoms with Crippen LogP contribution in [0.4, 0.5) is 24.5 Å². The van der Waals surface area contributed by atoms with Gasteiger partial charge in [-0.15, -0.1) is 0 Å². The number of fused-ring (bicyclic) bond motifs is 6. The molecule has 0 radical (unpaired) electrons. The lowest BCUT2D eigenvalue weighted by Gasteiger charge is -2.21. The first-order valence-electron chi connectivity index (χ1n) is 25.2. The minimum atomic E-state index is -4.73. The number of hydrogen-bond donors (Lipinski definition) is 0. The number of nitriles is 2. The Labute approximate surface area is 455 Å². The molecule has 0 aliphatic rings. The molecule has 0 unspecified atom stereocenters. The van der Waals surface area contributed by atoms with Crippen molar-refractivity contribution in [1.82, 2.24) is 24.1 Å². The lowest BCUT2D eigenvalue weighted by molar-refractivity contribution is -0.137. The van der Waals surface area contributed by atoms with E-state index in [0.717, 1.165) is 66.4 Å². The quantitative estimate of drug-likeness (QED) is 0.141. The topological polar surface area (TPSA) is 105 Å². The number of rotatable bonds is 8. The van der Waals surface area contributed by atoms with Crippen LogP contribution in [0.5, 0.6) is 0 Å². The van der Waals surface area contributed by atoms with Gasteiger partial charge in [0.05, 0.1) is 64.3 Å². The summed E-state index contributed by atoms with van der Waals surface area (Å²) in [6, 6.07) is 70.3. The zero-order valence-corrected chi connectivity index (χ0v) is 41.9. The molecule has 10 aromatic carbocycles. The van der Waals surface area contributed by atoms with Crippen molar-refractivity contribution < 1.29 is 13.2 Å². The maximum Gasteiger partial charge on any atom is 0.416 e. The number of benzene rings is 10. The van der Waals surface area contributed by atoms with E-state index >= 15 is 13.2 Å². The van der Waals surface area contributed by atoms with Crippen LogP contribution in [-0.4, -0.2) is 24.1 Å². The fraction of sp³-hybridized carbons (Fsp3) is 0.0147. The van der Waals surface area contributed by atoms with Crippen molar-refractivity contribution in [2.24, 2.45) is 0 Å². The van der Waals surface area contributed by atoms with E-state index in [2.05, 4.69) is 26.4 Å². The fourth-order valence-corrected chi connectivity index (χ4v) is 10.8. The molecule has 3 aromatic heterocycles. The Morgan fingerprint density at radius 1 is 0.400 bits per heavy atom. The zero-order chi connectivity index (χ0) is 54.6. The first-order valence-corrected chi connectivity index (χ1v) is 25.2. The highest BCUT2D eigenvalue weighted by Crippen LogP contribution is 2.46. The van der Waals surface area contributed by atoms with Gasteiger partial charge in [0.1, 0.15) is 0 Å². The van der Waals surface area contributed by atoms with E-state index in [1.807, 2.05) is 168 Å². The normalized spacial score (nSPS) is 11.4. The van der Waals surface area contributed by atoms with E-state index in [1.165, 1.54) is 12.1 Å². The minimum Gasteiger partial charge on any atom is -0.309 e. The van der Waals surface area contributed by atoms with Crippen molar-refractivity contribution in [3.8, 4) is 91.1 Å². The second-order valence-electron chi connectivity index (χ2n) is 19.1. The molecule has 0 spiro atoms. The van der Waals surface area contributed by atoms with Crippen LogP contribution >= 0.6 is 0 Å². The largest absolute Gasteiger partial charge is 0.416 e. The summed E-state index contributed by atoms with van der Waals surface area (Å²) < 4.78 is 50.2. The fourth-order valence-electron chi connectivity index (χ4n) is 10.8. The van der Waals surface area contributed by atoms with Crippen molar-refractivity contribution in [1.29, 1.82) is 10.5 Å². The summed E-state index contributed by atoms with van der Waals surface area (Å²) >= 11 is 0. The Hall–Kier alpha value is -11.4. The number of hydrogen-bond acceptors (Lipinski definition) is 5. The molecule has 12 heteroatoms. The first kappa shape index (κ1) is 48.2. The second kappa shape index (κ2) is 19.3. The molecule has 0 N–H and O–H groups in total. The van der Waals surface area contributed by atoms with E-state index < -0.39 is 11.7 Å². The second-order valence-corrected chi connectivity index (χ2v) is 19.1. The molecular formula is C68H36F3N9. The SMILES string of the molecule is [C-]#[N+]c1ccc(-c2ccc3c(c2)c2ccccc2n3-c2ccc(C(F)(F)F)cc2-c2ccc(-c3nc(-c4ccccc4)nc(-c4ccccc4)n3)cc2-n2c3ccccc3c3cc(-c4ccc(C#N)cc4[N+]#[C-])ccc32)c(C#N)c1. The monoisotopic (exact) mass is 1040 g/mol. The smallest absolute Gasteiger partial charge is 0.309 e. The molecule has 80 heavy (non-hydrogen) atoms. The lowest BCUT2D eigenvalue weighted by Crippen LogP contribution is -2.08. The van der Waals surface area contributed by atoms with Gasteiger partial charge in [-0.2, -0.15) is 23.7 Å². The van der Waals surface area contributed by atoms with Gasteiger partial charge in [0.15, 0.2) is 28.8 Å². The van der Waals surface area contributed by atoms with Gasteiger partial charge < -0.3 is 9.13 Å². The molecule has 3 heterocycles. The highest BCUT2D eigenvalue weighted by Gasteiger charge is 2.33. The summed E-state index contributed by atoms with van der Waals surface area (Å²) in [5.74, 6) is 1.21. The van der Waals surface area contributed by atoms with Crippen molar-refractivity contribution >= 4 is 55.0 Å². The Kier molecular flexibility index (Phi) is 11.6. The van der Waals surface area contributed by atoms with Crippen molar-refractivity contribution in [3.63, 3.8) is 0 Å². The molecule has 9 nitrogen and oxygen atoms in total. The summed E-state index contributed by atoms with van der Waals surface area (Å²) in [6.45, 7) is 15.6. The van der Waals surface area contributed by atoms with Gasteiger partial charge in [-0.05, 0) is 101 Å². The van der Waals surface area contributed by atoms with Gasteiger partial charge in [-0.25, -0.2) is 24.6 Å². The molecule has 374 valence electrons.